The van der Waals surface area contributed by atoms with Crippen molar-refractivity contribution in [2.45, 2.75) is 25.3 Å². The molecule has 0 aliphatic carbocycles. The lowest BCUT2D eigenvalue weighted by molar-refractivity contribution is -0.140. The number of hydrogen-bond acceptors (Lipinski definition) is 4. The van der Waals surface area contributed by atoms with Crippen LogP contribution in [0.5, 0.6) is 5.75 Å². The lowest BCUT2D eigenvalue weighted by Crippen LogP contribution is -2.24. The maximum atomic E-state index is 11.0. The maximum Gasteiger partial charge on any atom is 0.305 e. The normalized spacial score (nSPS) is 12.0. The van der Waals surface area contributed by atoms with Crippen molar-refractivity contribution < 1.29 is 14.3 Å². The van der Waals surface area contributed by atoms with Gasteiger partial charge in [-0.05, 0) is 25.0 Å². The molecule has 1 aromatic rings. The van der Waals surface area contributed by atoms with Crippen molar-refractivity contribution in [3.8, 4) is 5.75 Å². The summed E-state index contributed by atoms with van der Waals surface area (Å²) in [7, 11) is 2.96. The van der Waals surface area contributed by atoms with Gasteiger partial charge in [0.15, 0.2) is 0 Å². The monoisotopic (exact) mass is 271 g/mol. The number of nitrogens with two attached hydrogens (primary N) is 1. The van der Waals surface area contributed by atoms with Gasteiger partial charge >= 0.3 is 5.97 Å². The fourth-order valence-electron chi connectivity index (χ4n) is 1.70. The van der Waals surface area contributed by atoms with Crippen LogP contribution in [0.25, 0.3) is 0 Å². The van der Waals surface area contributed by atoms with Crippen LogP contribution in [0.4, 0.5) is 0 Å². The molecule has 0 bridgehead atoms. The molecule has 0 spiro atoms. The number of carbonyl (C=O) groups is 1. The molecule has 0 amide bonds. The van der Waals surface area contributed by atoms with Gasteiger partial charge in [-0.3, -0.25) is 4.79 Å². The van der Waals surface area contributed by atoms with Gasteiger partial charge in [0.05, 0.1) is 14.2 Å². The average molecular weight is 272 g/mol. The van der Waals surface area contributed by atoms with E-state index in [9.17, 15) is 4.79 Å². The summed E-state index contributed by atoms with van der Waals surface area (Å²) in [5.74, 6) is 0.465. The van der Waals surface area contributed by atoms with Crippen molar-refractivity contribution in [1.82, 2.24) is 0 Å². The van der Waals surface area contributed by atoms with Crippen molar-refractivity contribution >= 4 is 17.6 Å². The fourth-order valence-corrected chi connectivity index (χ4v) is 1.94. The Kier molecular flexibility index (Phi) is 5.95. The molecule has 0 heterocycles. The third-order valence-electron chi connectivity index (χ3n) is 2.71. The van der Waals surface area contributed by atoms with Gasteiger partial charge in [0.25, 0.3) is 0 Å². The van der Waals surface area contributed by atoms with Gasteiger partial charge in [-0.25, -0.2) is 0 Å². The molecule has 0 radical (unpaired) electrons. The zero-order valence-corrected chi connectivity index (χ0v) is 11.4. The number of methoxy groups -OCH3 is 2. The van der Waals surface area contributed by atoms with Crippen LogP contribution < -0.4 is 10.5 Å². The van der Waals surface area contributed by atoms with Crippen molar-refractivity contribution in [1.29, 1.82) is 0 Å². The van der Waals surface area contributed by atoms with Crippen LogP contribution in [0.1, 0.15) is 18.4 Å². The van der Waals surface area contributed by atoms with E-state index in [0.29, 0.717) is 24.3 Å². The van der Waals surface area contributed by atoms with Crippen LogP contribution in [0.15, 0.2) is 18.2 Å². The molecular weight excluding hydrogens is 254 g/mol. The fraction of sp³-hybridized carbons (Fsp3) is 0.462. The number of hydrogen-bond donors (Lipinski definition) is 1. The Morgan fingerprint density at radius 3 is 2.78 bits per heavy atom. The number of carbonyl (C=O) groups excluding carboxylic acids is 1. The zero-order chi connectivity index (χ0) is 13.5. The molecule has 4 nitrogen and oxygen atoms in total. The molecule has 18 heavy (non-hydrogen) atoms. The van der Waals surface area contributed by atoms with Crippen molar-refractivity contribution in [3.63, 3.8) is 0 Å². The highest BCUT2D eigenvalue weighted by molar-refractivity contribution is 6.31. The predicted molar refractivity (Wildman–Crippen MR) is 70.9 cm³/mol. The number of halogens is 1. The molecule has 1 rings (SSSR count). The Labute approximate surface area is 112 Å². The molecule has 1 atom stereocenters. The summed E-state index contributed by atoms with van der Waals surface area (Å²) >= 11 is 6.12. The van der Waals surface area contributed by atoms with Gasteiger partial charge in [-0.15, -0.1) is 0 Å². The second-order valence-corrected chi connectivity index (χ2v) is 4.41. The molecule has 2 N–H and O–H groups in total. The first-order valence-electron chi connectivity index (χ1n) is 5.72. The van der Waals surface area contributed by atoms with Crippen molar-refractivity contribution in [2.75, 3.05) is 14.2 Å². The minimum Gasteiger partial charge on any atom is -0.496 e. The van der Waals surface area contributed by atoms with Crippen LogP contribution in [0, 0.1) is 0 Å². The van der Waals surface area contributed by atoms with Crippen LogP contribution >= 0.6 is 11.6 Å². The summed E-state index contributed by atoms with van der Waals surface area (Å²) < 4.78 is 9.82. The molecule has 0 aliphatic rings. The molecule has 0 saturated heterocycles. The third kappa shape index (κ3) is 4.20. The van der Waals surface area contributed by atoms with E-state index < -0.39 is 0 Å². The van der Waals surface area contributed by atoms with E-state index in [-0.39, 0.29) is 12.0 Å². The smallest absolute Gasteiger partial charge is 0.305 e. The summed E-state index contributed by atoms with van der Waals surface area (Å²) in [5, 5.41) is 0.628. The standard InChI is InChI=1S/C13H18ClNO3/c1-17-12-5-3-4-11(14)10(12)8-9(15)6-7-13(16)18-2/h3-5,9H,6-8,15H2,1-2H3. The van der Waals surface area contributed by atoms with Crippen LogP contribution in [-0.2, 0) is 16.0 Å². The van der Waals surface area contributed by atoms with E-state index in [1.54, 1.807) is 13.2 Å². The minimum absolute atomic E-state index is 0.155. The van der Waals surface area contributed by atoms with Gasteiger partial charge in [0.1, 0.15) is 5.75 Å². The summed E-state index contributed by atoms with van der Waals surface area (Å²) in [6, 6.07) is 5.31. The zero-order valence-electron chi connectivity index (χ0n) is 10.6. The van der Waals surface area contributed by atoms with E-state index in [4.69, 9.17) is 22.1 Å². The van der Waals surface area contributed by atoms with Gasteiger partial charge in [0, 0.05) is 23.0 Å². The summed E-state index contributed by atoms with van der Waals surface area (Å²) in [6.07, 6.45) is 1.44. The van der Waals surface area contributed by atoms with Crippen molar-refractivity contribution in [2.24, 2.45) is 5.73 Å². The molecule has 1 unspecified atom stereocenters. The van der Waals surface area contributed by atoms with E-state index in [1.807, 2.05) is 12.1 Å². The molecule has 0 fully saturated rings. The Bertz CT molecular complexity index is 409. The van der Waals surface area contributed by atoms with E-state index >= 15 is 0 Å². The first kappa shape index (κ1) is 14.8. The van der Waals surface area contributed by atoms with Crippen LogP contribution in [-0.4, -0.2) is 26.2 Å². The lowest BCUT2D eigenvalue weighted by atomic mass is 10.0. The van der Waals surface area contributed by atoms with E-state index in [1.165, 1.54) is 7.11 Å². The Morgan fingerprint density at radius 2 is 2.17 bits per heavy atom. The Morgan fingerprint density at radius 1 is 1.44 bits per heavy atom. The second-order valence-electron chi connectivity index (χ2n) is 4.00. The molecule has 1 aromatic carbocycles. The lowest BCUT2D eigenvalue weighted by Gasteiger charge is -2.15. The van der Waals surface area contributed by atoms with Crippen molar-refractivity contribution in [3.05, 3.63) is 28.8 Å². The Hall–Kier alpha value is -1.26. The number of rotatable bonds is 6. The predicted octanol–water partition coefficient (Wildman–Crippen LogP) is 2.17. The van der Waals surface area contributed by atoms with E-state index in [2.05, 4.69) is 4.74 Å². The average Bonchev–Trinajstić information content (AvgIpc) is 2.38. The highest BCUT2D eigenvalue weighted by Crippen LogP contribution is 2.27. The molecule has 5 heteroatoms. The van der Waals surface area contributed by atoms with Gasteiger partial charge in [0.2, 0.25) is 0 Å². The number of benzene rings is 1. The largest absolute Gasteiger partial charge is 0.496 e. The second kappa shape index (κ2) is 7.24. The number of esters is 1. The molecule has 0 aliphatic heterocycles. The highest BCUT2D eigenvalue weighted by Gasteiger charge is 2.13. The van der Waals surface area contributed by atoms with Crippen LogP contribution in [0.3, 0.4) is 0 Å². The topological polar surface area (TPSA) is 61.5 Å². The van der Waals surface area contributed by atoms with Crippen LogP contribution in [0.2, 0.25) is 5.02 Å². The summed E-state index contributed by atoms with van der Waals surface area (Å²) in [4.78, 5) is 11.0. The highest BCUT2D eigenvalue weighted by atomic mass is 35.5. The first-order valence-corrected chi connectivity index (χ1v) is 6.10. The van der Waals surface area contributed by atoms with Gasteiger partial charge in [-0.1, -0.05) is 17.7 Å². The van der Waals surface area contributed by atoms with Gasteiger partial charge in [-0.2, -0.15) is 0 Å². The SMILES string of the molecule is COC(=O)CCC(N)Cc1c(Cl)cccc1OC. The quantitative estimate of drug-likeness (QED) is 0.806. The maximum absolute atomic E-state index is 11.0. The molecule has 100 valence electrons. The summed E-state index contributed by atoms with van der Waals surface area (Å²) in [6.45, 7) is 0. The van der Waals surface area contributed by atoms with Gasteiger partial charge < -0.3 is 15.2 Å². The molecule has 0 saturated carbocycles. The number of ether oxygens (including phenoxy) is 2. The third-order valence-corrected chi connectivity index (χ3v) is 3.06. The Balaban J connectivity index is 2.63. The van der Waals surface area contributed by atoms with E-state index in [0.717, 1.165) is 11.3 Å². The first-order chi connectivity index (χ1) is 8.58. The summed E-state index contributed by atoms with van der Waals surface area (Å²) in [5.41, 5.74) is 6.85. The molecular formula is C13H18ClNO3. The molecule has 0 aromatic heterocycles. The minimum atomic E-state index is -0.253.